The Morgan fingerprint density at radius 1 is 1.71 bits per heavy atom. The van der Waals surface area contributed by atoms with Crippen LogP contribution in [0.15, 0.2) is 6.20 Å². The summed E-state index contributed by atoms with van der Waals surface area (Å²) >= 11 is 0. The van der Waals surface area contributed by atoms with Crippen molar-refractivity contribution < 1.29 is 9.53 Å². The van der Waals surface area contributed by atoms with Gasteiger partial charge in [-0.25, -0.2) is 4.79 Å². The van der Waals surface area contributed by atoms with E-state index in [2.05, 4.69) is 9.84 Å². The first-order chi connectivity index (χ1) is 6.70. The van der Waals surface area contributed by atoms with Crippen molar-refractivity contribution in [2.75, 3.05) is 13.7 Å². The number of carbonyl (C=O) groups is 1. The lowest BCUT2D eigenvalue weighted by atomic mass is 10.1. The molecule has 0 fully saturated rings. The second-order valence-corrected chi connectivity index (χ2v) is 3.01. The molecule has 14 heavy (non-hydrogen) atoms. The molecule has 1 aromatic heterocycles. The van der Waals surface area contributed by atoms with Gasteiger partial charge in [-0.05, 0) is 19.4 Å². The molecule has 0 saturated heterocycles. The van der Waals surface area contributed by atoms with Gasteiger partial charge >= 0.3 is 5.97 Å². The monoisotopic (exact) mass is 197 g/mol. The Hall–Kier alpha value is -1.36. The van der Waals surface area contributed by atoms with Gasteiger partial charge < -0.3 is 10.5 Å². The fraction of sp³-hybridized carbons (Fsp3) is 0.556. The molecule has 0 saturated carbocycles. The standard InChI is InChI=1S/C9H15N3O2/c1-12-8(4-3-5-10)7(6-11-12)9(13)14-2/h6H,3-5,10H2,1-2H3. The van der Waals surface area contributed by atoms with Crippen LogP contribution in [0, 0.1) is 0 Å². The predicted molar refractivity (Wildman–Crippen MR) is 51.9 cm³/mol. The van der Waals surface area contributed by atoms with Crippen LogP contribution in [0.5, 0.6) is 0 Å². The van der Waals surface area contributed by atoms with Crippen LogP contribution in [-0.4, -0.2) is 29.4 Å². The lowest BCUT2D eigenvalue weighted by Gasteiger charge is -2.03. The number of nitrogens with two attached hydrogens (primary N) is 1. The molecule has 2 N–H and O–H groups in total. The third kappa shape index (κ3) is 2.11. The molecule has 0 radical (unpaired) electrons. The third-order valence-electron chi connectivity index (χ3n) is 2.08. The summed E-state index contributed by atoms with van der Waals surface area (Å²) in [6, 6.07) is 0. The minimum absolute atomic E-state index is 0.342. The molecule has 0 unspecified atom stereocenters. The van der Waals surface area contributed by atoms with E-state index in [4.69, 9.17) is 5.73 Å². The molecule has 1 rings (SSSR count). The molecule has 0 aromatic carbocycles. The van der Waals surface area contributed by atoms with Gasteiger partial charge in [-0.15, -0.1) is 0 Å². The Balaban J connectivity index is 2.88. The van der Waals surface area contributed by atoms with Crippen LogP contribution in [0.3, 0.4) is 0 Å². The average molecular weight is 197 g/mol. The number of carbonyl (C=O) groups excluding carboxylic acids is 1. The van der Waals surface area contributed by atoms with Gasteiger partial charge in [0, 0.05) is 7.05 Å². The van der Waals surface area contributed by atoms with Crippen LogP contribution in [0.2, 0.25) is 0 Å². The summed E-state index contributed by atoms with van der Waals surface area (Å²) in [5.41, 5.74) is 6.82. The summed E-state index contributed by atoms with van der Waals surface area (Å²) in [7, 11) is 3.17. The Labute approximate surface area is 82.8 Å². The summed E-state index contributed by atoms with van der Waals surface area (Å²) < 4.78 is 6.33. The van der Waals surface area contributed by atoms with Crippen LogP contribution in [-0.2, 0) is 18.2 Å². The number of esters is 1. The van der Waals surface area contributed by atoms with Crippen molar-refractivity contribution in [2.45, 2.75) is 12.8 Å². The van der Waals surface area contributed by atoms with Crippen LogP contribution < -0.4 is 5.73 Å². The Morgan fingerprint density at radius 2 is 2.43 bits per heavy atom. The molecule has 0 aliphatic heterocycles. The van der Waals surface area contributed by atoms with E-state index in [0.717, 1.165) is 18.5 Å². The SMILES string of the molecule is COC(=O)c1cnn(C)c1CCCN. The predicted octanol–water partition coefficient (Wildman–Crippen LogP) is 0.0980. The molecule has 78 valence electrons. The van der Waals surface area contributed by atoms with Crippen molar-refractivity contribution in [3.63, 3.8) is 0 Å². The highest BCUT2D eigenvalue weighted by Gasteiger charge is 2.15. The van der Waals surface area contributed by atoms with Gasteiger partial charge in [-0.3, -0.25) is 4.68 Å². The molecule has 0 atom stereocenters. The first-order valence-corrected chi connectivity index (χ1v) is 4.50. The van der Waals surface area contributed by atoms with E-state index in [0.29, 0.717) is 12.1 Å². The van der Waals surface area contributed by atoms with E-state index >= 15 is 0 Å². The first kappa shape index (κ1) is 10.7. The van der Waals surface area contributed by atoms with Crippen molar-refractivity contribution >= 4 is 5.97 Å². The van der Waals surface area contributed by atoms with Crippen molar-refractivity contribution in [1.82, 2.24) is 9.78 Å². The van der Waals surface area contributed by atoms with Crippen molar-refractivity contribution in [3.05, 3.63) is 17.5 Å². The maximum atomic E-state index is 11.3. The zero-order valence-electron chi connectivity index (χ0n) is 8.49. The Kier molecular flexibility index (Phi) is 3.64. The van der Waals surface area contributed by atoms with Gasteiger partial charge in [0.05, 0.1) is 19.0 Å². The quantitative estimate of drug-likeness (QED) is 0.695. The number of aryl methyl sites for hydroxylation is 1. The highest BCUT2D eigenvalue weighted by molar-refractivity contribution is 5.90. The molecular formula is C9H15N3O2. The summed E-state index contributed by atoms with van der Waals surface area (Å²) in [6.07, 6.45) is 3.11. The fourth-order valence-electron chi connectivity index (χ4n) is 1.31. The molecule has 0 spiro atoms. The molecule has 0 bridgehead atoms. The topological polar surface area (TPSA) is 70.1 Å². The number of rotatable bonds is 4. The number of ether oxygens (including phenoxy) is 1. The maximum Gasteiger partial charge on any atom is 0.341 e. The van der Waals surface area contributed by atoms with Gasteiger partial charge in [-0.1, -0.05) is 0 Å². The van der Waals surface area contributed by atoms with Crippen molar-refractivity contribution in [1.29, 1.82) is 0 Å². The fourth-order valence-corrected chi connectivity index (χ4v) is 1.31. The maximum absolute atomic E-state index is 11.3. The number of nitrogens with zero attached hydrogens (tertiary/aromatic N) is 2. The van der Waals surface area contributed by atoms with Crippen LogP contribution in [0.4, 0.5) is 0 Å². The largest absolute Gasteiger partial charge is 0.465 e. The number of hydrogen-bond acceptors (Lipinski definition) is 4. The van der Waals surface area contributed by atoms with Gasteiger partial charge in [0.2, 0.25) is 0 Å². The smallest absolute Gasteiger partial charge is 0.341 e. The van der Waals surface area contributed by atoms with E-state index in [1.54, 1.807) is 11.7 Å². The second-order valence-electron chi connectivity index (χ2n) is 3.01. The average Bonchev–Trinajstić information content (AvgIpc) is 2.56. The molecule has 1 heterocycles. The number of methoxy groups -OCH3 is 1. The minimum Gasteiger partial charge on any atom is -0.465 e. The lowest BCUT2D eigenvalue weighted by molar-refractivity contribution is 0.0599. The highest BCUT2D eigenvalue weighted by Crippen LogP contribution is 2.10. The third-order valence-corrected chi connectivity index (χ3v) is 2.08. The molecule has 5 heteroatoms. The van der Waals surface area contributed by atoms with Crippen molar-refractivity contribution in [3.8, 4) is 0 Å². The van der Waals surface area contributed by atoms with E-state index < -0.39 is 0 Å². The zero-order chi connectivity index (χ0) is 10.6. The zero-order valence-corrected chi connectivity index (χ0v) is 8.49. The highest BCUT2D eigenvalue weighted by atomic mass is 16.5. The second kappa shape index (κ2) is 4.76. The van der Waals surface area contributed by atoms with Gasteiger partial charge in [0.15, 0.2) is 0 Å². The molecule has 5 nitrogen and oxygen atoms in total. The van der Waals surface area contributed by atoms with E-state index in [1.807, 2.05) is 0 Å². The normalized spacial score (nSPS) is 10.2. The summed E-state index contributed by atoms with van der Waals surface area (Å²) in [5, 5.41) is 4.01. The summed E-state index contributed by atoms with van der Waals surface area (Å²) in [6.45, 7) is 0.603. The van der Waals surface area contributed by atoms with Crippen molar-refractivity contribution in [2.24, 2.45) is 12.8 Å². The lowest BCUT2D eigenvalue weighted by Crippen LogP contribution is -2.09. The Morgan fingerprint density at radius 3 is 3.00 bits per heavy atom. The minimum atomic E-state index is -0.342. The summed E-state index contributed by atoms with van der Waals surface area (Å²) in [4.78, 5) is 11.3. The molecular weight excluding hydrogens is 182 g/mol. The van der Waals surface area contributed by atoms with Gasteiger partial charge in [0.25, 0.3) is 0 Å². The van der Waals surface area contributed by atoms with E-state index in [-0.39, 0.29) is 5.97 Å². The van der Waals surface area contributed by atoms with Gasteiger partial charge in [-0.2, -0.15) is 5.10 Å². The van der Waals surface area contributed by atoms with E-state index in [1.165, 1.54) is 13.3 Å². The summed E-state index contributed by atoms with van der Waals surface area (Å²) in [5.74, 6) is -0.342. The van der Waals surface area contributed by atoms with E-state index in [9.17, 15) is 4.79 Å². The molecule has 0 amide bonds. The molecule has 0 aliphatic carbocycles. The Bertz CT molecular complexity index is 320. The number of hydrogen-bond donors (Lipinski definition) is 1. The molecule has 0 aliphatic rings. The van der Waals surface area contributed by atoms with Gasteiger partial charge in [0.1, 0.15) is 5.56 Å². The molecule has 1 aromatic rings. The van der Waals surface area contributed by atoms with Crippen LogP contribution in [0.25, 0.3) is 0 Å². The first-order valence-electron chi connectivity index (χ1n) is 4.50. The van der Waals surface area contributed by atoms with Crippen LogP contribution in [0.1, 0.15) is 22.5 Å². The number of aromatic nitrogens is 2. The van der Waals surface area contributed by atoms with Crippen LogP contribution >= 0.6 is 0 Å².